The van der Waals surface area contributed by atoms with Gasteiger partial charge in [0.25, 0.3) is 5.91 Å². The summed E-state index contributed by atoms with van der Waals surface area (Å²) in [5, 5.41) is 4.01. The molecule has 0 unspecified atom stereocenters. The van der Waals surface area contributed by atoms with Crippen molar-refractivity contribution in [1.29, 1.82) is 0 Å². The quantitative estimate of drug-likeness (QED) is 0.401. The molecule has 1 heterocycles. The molecule has 0 atom stereocenters. The van der Waals surface area contributed by atoms with Gasteiger partial charge in [-0.3, -0.25) is 4.79 Å². The highest BCUT2D eigenvalue weighted by atomic mass is 127. The van der Waals surface area contributed by atoms with Crippen LogP contribution in [0.4, 0.5) is 0 Å². The first-order chi connectivity index (χ1) is 12.6. The smallest absolute Gasteiger partial charge is 0.271 e. The number of nitrogens with zero attached hydrogens (tertiary/aromatic N) is 1. The Morgan fingerprint density at radius 3 is 2.88 bits per heavy atom. The Balaban J connectivity index is 1.70. The van der Waals surface area contributed by atoms with Crippen LogP contribution in [-0.2, 0) is 0 Å². The van der Waals surface area contributed by atoms with Crippen molar-refractivity contribution < 1.29 is 23.7 Å². The van der Waals surface area contributed by atoms with Crippen molar-refractivity contribution in [2.45, 2.75) is 6.92 Å². The topological polar surface area (TPSA) is 78.4 Å². The molecule has 2 aromatic carbocycles. The van der Waals surface area contributed by atoms with Gasteiger partial charge in [-0.25, -0.2) is 5.43 Å². The third-order valence-corrected chi connectivity index (χ3v) is 4.36. The minimum atomic E-state index is -0.341. The molecule has 3 rings (SSSR count). The largest absolute Gasteiger partial charge is 0.493 e. The molecule has 8 heteroatoms. The van der Waals surface area contributed by atoms with Crippen molar-refractivity contribution in [1.82, 2.24) is 5.43 Å². The maximum absolute atomic E-state index is 12.2. The van der Waals surface area contributed by atoms with Gasteiger partial charge in [-0.15, -0.1) is 0 Å². The zero-order chi connectivity index (χ0) is 18.5. The van der Waals surface area contributed by atoms with Gasteiger partial charge in [-0.05, 0) is 65.4 Å². The Bertz CT molecular complexity index is 854. The zero-order valence-electron chi connectivity index (χ0n) is 14.2. The monoisotopic (exact) mass is 468 g/mol. The Morgan fingerprint density at radius 2 is 2.12 bits per heavy atom. The number of amides is 1. The predicted molar refractivity (Wildman–Crippen MR) is 105 cm³/mol. The molecule has 7 nitrogen and oxygen atoms in total. The molecule has 0 aromatic heterocycles. The number of ether oxygens (including phenoxy) is 4. The summed E-state index contributed by atoms with van der Waals surface area (Å²) in [7, 11) is 1.58. The van der Waals surface area contributed by atoms with Crippen LogP contribution in [0.3, 0.4) is 0 Å². The zero-order valence-corrected chi connectivity index (χ0v) is 16.4. The third-order valence-electron chi connectivity index (χ3n) is 3.55. The van der Waals surface area contributed by atoms with E-state index in [1.54, 1.807) is 37.6 Å². The van der Waals surface area contributed by atoms with Gasteiger partial charge in [-0.2, -0.15) is 5.10 Å². The summed E-state index contributed by atoms with van der Waals surface area (Å²) in [4.78, 5) is 12.2. The summed E-state index contributed by atoms with van der Waals surface area (Å²) in [5.41, 5.74) is 3.71. The van der Waals surface area contributed by atoms with E-state index >= 15 is 0 Å². The number of carbonyl (C=O) groups is 1. The highest BCUT2D eigenvalue weighted by molar-refractivity contribution is 14.1. The maximum atomic E-state index is 12.2. The maximum Gasteiger partial charge on any atom is 0.271 e. The van der Waals surface area contributed by atoms with E-state index in [9.17, 15) is 4.79 Å². The number of halogens is 1. The number of benzene rings is 2. The number of hydrogen-bond donors (Lipinski definition) is 1. The van der Waals surface area contributed by atoms with Crippen molar-refractivity contribution in [3.63, 3.8) is 0 Å². The molecule has 0 spiro atoms. The molecule has 0 fully saturated rings. The van der Waals surface area contributed by atoms with Gasteiger partial charge in [-0.1, -0.05) is 0 Å². The number of carbonyl (C=O) groups excluding carboxylic acids is 1. The van der Waals surface area contributed by atoms with Crippen LogP contribution in [0.5, 0.6) is 23.0 Å². The lowest BCUT2D eigenvalue weighted by Gasteiger charge is -2.12. The van der Waals surface area contributed by atoms with Crippen molar-refractivity contribution in [3.05, 3.63) is 45.0 Å². The highest BCUT2D eigenvalue weighted by Gasteiger charge is 2.16. The fourth-order valence-corrected chi connectivity index (χ4v) is 3.15. The van der Waals surface area contributed by atoms with E-state index < -0.39 is 0 Å². The van der Waals surface area contributed by atoms with Gasteiger partial charge < -0.3 is 18.9 Å². The van der Waals surface area contributed by atoms with Gasteiger partial charge in [0.1, 0.15) is 0 Å². The second-order valence-electron chi connectivity index (χ2n) is 5.23. The fourth-order valence-electron chi connectivity index (χ4n) is 2.37. The number of rotatable bonds is 6. The number of hydrogen-bond acceptors (Lipinski definition) is 6. The molecule has 0 saturated carbocycles. The van der Waals surface area contributed by atoms with Gasteiger partial charge in [0.2, 0.25) is 6.79 Å². The fraction of sp³-hybridized carbons (Fsp3) is 0.222. The van der Waals surface area contributed by atoms with Gasteiger partial charge in [0.05, 0.1) is 23.5 Å². The lowest BCUT2D eigenvalue weighted by Crippen LogP contribution is -2.17. The number of methoxy groups -OCH3 is 1. The molecule has 1 N–H and O–H groups in total. The van der Waals surface area contributed by atoms with Gasteiger partial charge >= 0.3 is 0 Å². The molecule has 1 aliphatic rings. The highest BCUT2D eigenvalue weighted by Crippen LogP contribution is 2.34. The van der Waals surface area contributed by atoms with E-state index in [1.165, 1.54) is 0 Å². The van der Waals surface area contributed by atoms with Gasteiger partial charge in [0, 0.05) is 5.56 Å². The average molecular weight is 468 g/mol. The van der Waals surface area contributed by atoms with E-state index in [-0.39, 0.29) is 12.7 Å². The molecule has 0 bridgehead atoms. The molecule has 0 aliphatic carbocycles. The summed E-state index contributed by atoms with van der Waals surface area (Å²) in [6, 6.07) is 8.66. The third kappa shape index (κ3) is 4.01. The van der Waals surface area contributed by atoms with Crippen LogP contribution in [-0.4, -0.2) is 32.6 Å². The number of nitrogens with one attached hydrogen (secondary N) is 1. The SMILES string of the molecule is CCOc1c(I)cc(/C=N\NC(=O)c2ccc3c(c2)OCO3)cc1OC. The van der Waals surface area contributed by atoms with Crippen LogP contribution in [0, 0.1) is 3.57 Å². The Morgan fingerprint density at radius 1 is 1.31 bits per heavy atom. The number of fused-ring (bicyclic) bond motifs is 1. The minimum absolute atomic E-state index is 0.163. The molecule has 136 valence electrons. The standard InChI is InChI=1S/C18H17IN2O5/c1-3-24-17-13(19)6-11(7-16(17)23-2)9-20-21-18(22)12-4-5-14-15(8-12)26-10-25-14/h4-9H,3,10H2,1-2H3,(H,21,22)/b20-9-. The van der Waals surface area contributed by atoms with E-state index in [0.29, 0.717) is 35.2 Å². The van der Waals surface area contributed by atoms with Crippen LogP contribution >= 0.6 is 22.6 Å². The minimum Gasteiger partial charge on any atom is -0.493 e. The van der Waals surface area contributed by atoms with Crippen molar-refractivity contribution in [2.24, 2.45) is 5.10 Å². The van der Waals surface area contributed by atoms with E-state index in [4.69, 9.17) is 18.9 Å². The Hall–Kier alpha value is -2.49. The second-order valence-corrected chi connectivity index (χ2v) is 6.40. The normalized spacial score (nSPS) is 12.3. The van der Waals surface area contributed by atoms with Crippen molar-refractivity contribution in [2.75, 3.05) is 20.5 Å². The summed E-state index contributed by atoms with van der Waals surface area (Å²) in [6.07, 6.45) is 1.55. The molecular formula is C18H17IN2O5. The lowest BCUT2D eigenvalue weighted by atomic mass is 10.2. The number of hydrazone groups is 1. The van der Waals surface area contributed by atoms with Crippen LogP contribution in [0.2, 0.25) is 0 Å². The average Bonchev–Trinajstić information content (AvgIpc) is 3.11. The van der Waals surface area contributed by atoms with E-state index in [2.05, 4.69) is 33.1 Å². The molecule has 2 aromatic rings. The molecule has 1 amide bonds. The summed E-state index contributed by atoms with van der Waals surface area (Å²) in [5.74, 6) is 2.14. The molecule has 0 radical (unpaired) electrons. The summed E-state index contributed by atoms with van der Waals surface area (Å²) < 4.78 is 22.3. The first-order valence-electron chi connectivity index (χ1n) is 7.85. The van der Waals surface area contributed by atoms with E-state index in [0.717, 1.165) is 9.13 Å². The first kappa shape index (κ1) is 18.3. The van der Waals surface area contributed by atoms with Crippen LogP contribution < -0.4 is 24.4 Å². The molecule has 26 heavy (non-hydrogen) atoms. The summed E-state index contributed by atoms with van der Waals surface area (Å²) >= 11 is 2.17. The van der Waals surface area contributed by atoms with E-state index in [1.807, 2.05) is 13.0 Å². The van der Waals surface area contributed by atoms with Crippen molar-refractivity contribution >= 4 is 34.7 Å². The summed E-state index contributed by atoms with van der Waals surface area (Å²) in [6.45, 7) is 2.62. The van der Waals surface area contributed by atoms with Gasteiger partial charge in [0.15, 0.2) is 23.0 Å². The van der Waals surface area contributed by atoms with Crippen LogP contribution in [0.15, 0.2) is 35.4 Å². The van der Waals surface area contributed by atoms with Crippen molar-refractivity contribution in [3.8, 4) is 23.0 Å². The molecular weight excluding hydrogens is 451 g/mol. The second kappa shape index (κ2) is 8.26. The van der Waals surface area contributed by atoms with Crippen LogP contribution in [0.25, 0.3) is 0 Å². The van der Waals surface area contributed by atoms with Crippen LogP contribution in [0.1, 0.15) is 22.8 Å². The Kier molecular flexibility index (Phi) is 5.82. The Labute approximate surface area is 164 Å². The predicted octanol–water partition coefficient (Wildman–Crippen LogP) is 3.19. The lowest BCUT2D eigenvalue weighted by molar-refractivity contribution is 0.0954. The first-order valence-corrected chi connectivity index (χ1v) is 8.93. The molecule has 1 aliphatic heterocycles. The molecule has 0 saturated heterocycles.